The smallest absolute Gasteiger partial charge is 0.317 e. The lowest BCUT2D eigenvalue weighted by Gasteiger charge is -2.16. The number of amides is 2. The molecule has 0 spiro atoms. The number of carbonyl (C=O) groups excluding carboxylic acids is 1. The Morgan fingerprint density at radius 3 is 3.00 bits per heavy atom. The maximum atomic E-state index is 11.6. The molecule has 1 saturated heterocycles. The van der Waals surface area contributed by atoms with E-state index in [-0.39, 0.29) is 6.03 Å². The van der Waals surface area contributed by atoms with Gasteiger partial charge in [-0.1, -0.05) is 13.3 Å². The zero-order valence-electron chi connectivity index (χ0n) is 8.96. The van der Waals surface area contributed by atoms with Gasteiger partial charge in [-0.2, -0.15) is 0 Å². The summed E-state index contributed by atoms with van der Waals surface area (Å²) in [6, 6.07) is 0.0781. The lowest BCUT2D eigenvalue weighted by atomic mass is 10.1. The molecule has 0 aliphatic carbocycles. The molecule has 1 aliphatic rings. The fourth-order valence-electron chi connectivity index (χ4n) is 1.69. The van der Waals surface area contributed by atoms with Crippen LogP contribution in [0.15, 0.2) is 0 Å². The van der Waals surface area contributed by atoms with Crippen molar-refractivity contribution < 1.29 is 4.79 Å². The summed E-state index contributed by atoms with van der Waals surface area (Å²) in [5, 5.41) is 2.92. The van der Waals surface area contributed by atoms with Crippen molar-refractivity contribution in [2.24, 2.45) is 11.7 Å². The van der Waals surface area contributed by atoms with Crippen LogP contribution in [0, 0.1) is 5.92 Å². The van der Waals surface area contributed by atoms with Crippen LogP contribution in [0.5, 0.6) is 0 Å². The minimum absolute atomic E-state index is 0.0781. The molecule has 82 valence electrons. The summed E-state index contributed by atoms with van der Waals surface area (Å²) < 4.78 is 0. The lowest BCUT2D eigenvalue weighted by Crippen LogP contribution is -2.39. The number of nitrogens with zero attached hydrogens (tertiary/aromatic N) is 1. The van der Waals surface area contributed by atoms with Crippen LogP contribution in [0.2, 0.25) is 0 Å². The van der Waals surface area contributed by atoms with Crippen LogP contribution < -0.4 is 11.1 Å². The van der Waals surface area contributed by atoms with Crippen LogP contribution in [0.25, 0.3) is 0 Å². The first-order valence-electron chi connectivity index (χ1n) is 5.50. The van der Waals surface area contributed by atoms with Crippen molar-refractivity contribution in [2.75, 3.05) is 26.2 Å². The van der Waals surface area contributed by atoms with Gasteiger partial charge in [0.2, 0.25) is 0 Å². The first kappa shape index (κ1) is 11.3. The number of likely N-dealkylation sites (tertiary alicyclic amines) is 1. The molecule has 0 saturated carbocycles. The standard InChI is InChI=1S/C10H21N3O/c1-2-3-5-12-10(14)13-6-4-9(7-11)8-13/h9H,2-8,11H2,1H3,(H,12,14). The van der Waals surface area contributed by atoms with Crippen LogP contribution in [-0.2, 0) is 0 Å². The van der Waals surface area contributed by atoms with E-state index in [0.29, 0.717) is 12.5 Å². The van der Waals surface area contributed by atoms with Crippen molar-refractivity contribution >= 4 is 6.03 Å². The van der Waals surface area contributed by atoms with Crippen molar-refractivity contribution in [1.82, 2.24) is 10.2 Å². The molecule has 4 nitrogen and oxygen atoms in total. The number of hydrogen-bond acceptors (Lipinski definition) is 2. The molecule has 0 aromatic carbocycles. The second-order valence-electron chi connectivity index (χ2n) is 3.92. The largest absolute Gasteiger partial charge is 0.338 e. The van der Waals surface area contributed by atoms with E-state index in [0.717, 1.165) is 38.9 Å². The van der Waals surface area contributed by atoms with Crippen LogP contribution >= 0.6 is 0 Å². The fraction of sp³-hybridized carbons (Fsp3) is 0.900. The molecule has 1 aliphatic heterocycles. The van der Waals surface area contributed by atoms with Gasteiger partial charge < -0.3 is 16.0 Å². The summed E-state index contributed by atoms with van der Waals surface area (Å²) in [5.74, 6) is 0.506. The van der Waals surface area contributed by atoms with Crippen LogP contribution in [0.3, 0.4) is 0 Å². The number of rotatable bonds is 4. The van der Waals surface area contributed by atoms with Gasteiger partial charge in [0.1, 0.15) is 0 Å². The summed E-state index contributed by atoms with van der Waals surface area (Å²) >= 11 is 0. The van der Waals surface area contributed by atoms with E-state index in [1.807, 2.05) is 4.90 Å². The number of nitrogens with two attached hydrogens (primary N) is 1. The predicted octanol–water partition coefficient (Wildman–Crippen LogP) is 0.777. The highest BCUT2D eigenvalue weighted by atomic mass is 16.2. The molecule has 3 N–H and O–H groups in total. The van der Waals surface area contributed by atoms with Crippen LogP contribution in [0.4, 0.5) is 4.79 Å². The molecule has 0 aromatic rings. The average molecular weight is 199 g/mol. The van der Waals surface area contributed by atoms with E-state index in [2.05, 4.69) is 12.2 Å². The second-order valence-corrected chi connectivity index (χ2v) is 3.92. The van der Waals surface area contributed by atoms with E-state index in [9.17, 15) is 4.79 Å². The van der Waals surface area contributed by atoms with E-state index in [1.54, 1.807) is 0 Å². The van der Waals surface area contributed by atoms with Gasteiger partial charge in [0.25, 0.3) is 0 Å². The summed E-state index contributed by atoms with van der Waals surface area (Å²) in [5.41, 5.74) is 5.56. The Morgan fingerprint density at radius 1 is 1.64 bits per heavy atom. The summed E-state index contributed by atoms with van der Waals surface area (Å²) in [6.07, 6.45) is 3.23. The molecule has 0 bridgehead atoms. The molecule has 1 rings (SSSR count). The summed E-state index contributed by atoms with van der Waals surface area (Å²) in [7, 11) is 0. The maximum Gasteiger partial charge on any atom is 0.317 e. The van der Waals surface area contributed by atoms with Gasteiger partial charge in [0.15, 0.2) is 0 Å². The van der Waals surface area contributed by atoms with Crippen molar-refractivity contribution in [3.05, 3.63) is 0 Å². The minimum Gasteiger partial charge on any atom is -0.338 e. The number of carbonyl (C=O) groups is 1. The van der Waals surface area contributed by atoms with Crippen molar-refractivity contribution in [3.63, 3.8) is 0 Å². The average Bonchev–Trinajstić information content (AvgIpc) is 2.66. The van der Waals surface area contributed by atoms with Crippen LogP contribution in [-0.4, -0.2) is 37.1 Å². The molecule has 1 heterocycles. The normalized spacial score (nSPS) is 21.3. The Bertz CT molecular complexity index is 184. The zero-order valence-corrected chi connectivity index (χ0v) is 8.96. The quantitative estimate of drug-likeness (QED) is 0.657. The third kappa shape index (κ3) is 3.18. The number of urea groups is 1. The molecule has 0 aromatic heterocycles. The molecular weight excluding hydrogens is 178 g/mol. The Labute approximate surface area is 85.8 Å². The first-order chi connectivity index (χ1) is 6.77. The van der Waals surface area contributed by atoms with Gasteiger partial charge in [0.05, 0.1) is 0 Å². The molecule has 14 heavy (non-hydrogen) atoms. The third-order valence-corrected chi connectivity index (χ3v) is 2.71. The highest BCUT2D eigenvalue weighted by Crippen LogP contribution is 2.14. The van der Waals surface area contributed by atoms with Crippen molar-refractivity contribution in [1.29, 1.82) is 0 Å². The van der Waals surface area contributed by atoms with E-state index >= 15 is 0 Å². The Hall–Kier alpha value is -0.770. The lowest BCUT2D eigenvalue weighted by molar-refractivity contribution is 0.207. The van der Waals surface area contributed by atoms with Crippen molar-refractivity contribution in [2.45, 2.75) is 26.2 Å². The third-order valence-electron chi connectivity index (χ3n) is 2.71. The van der Waals surface area contributed by atoms with Gasteiger partial charge in [-0.05, 0) is 25.3 Å². The molecule has 2 amide bonds. The van der Waals surface area contributed by atoms with Gasteiger partial charge >= 0.3 is 6.03 Å². The van der Waals surface area contributed by atoms with Crippen molar-refractivity contribution in [3.8, 4) is 0 Å². The van der Waals surface area contributed by atoms with Gasteiger partial charge in [-0.3, -0.25) is 0 Å². The fourth-order valence-corrected chi connectivity index (χ4v) is 1.69. The SMILES string of the molecule is CCCCNC(=O)N1CCC(CN)C1. The first-order valence-corrected chi connectivity index (χ1v) is 5.50. The van der Waals surface area contributed by atoms with Gasteiger partial charge in [-0.25, -0.2) is 4.79 Å². The molecule has 0 radical (unpaired) electrons. The predicted molar refractivity (Wildman–Crippen MR) is 57.0 cm³/mol. The monoisotopic (exact) mass is 199 g/mol. The number of unbranched alkanes of at least 4 members (excludes halogenated alkanes) is 1. The Morgan fingerprint density at radius 2 is 2.43 bits per heavy atom. The van der Waals surface area contributed by atoms with E-state index in [1.165, 1.54) is 0 Å². The highest BCUT2D eigenvalue weighted by Gasteiger charge is 2.24. The molecule has 4 heteroatoms. The number of nitrogens with one attached hydrogen (secondary N) is 1. The zero-order chi connectivity index (χ0) is 10.4. The molecular formula is C10H21N3O. The molecule has 1 fully saturated rings. The summed E-state index contributed by atoms with van der Waals surface area (Å²) in [6.45, 7) is 5.29. The molecule has 1 atom stereocenters. The Balaban J connectivity index is 2.18. The van der Waals surface area contributed by atoms with Gasteiger partial charge in [0, 0.05) is 19.6 Å². The number of hydrogen-bond donors (Lipinski definition) is 2. The van der Waals surface area contributed by atoms with E-state index in [4.69, 9.17) is 5.73 Å². The van der Waals surface area contributed by atoms with Crippen LogP contribution in [0.1, 0.15) is 26.2 Å². The maximum absolute atomic E-state index is 11.6. The summed E-state index contributed by atoms with van der Waals surface area (Å²) in [4.78, 5) is 13.4. The topological polar surface area (TPSA) is 58.4 Å². The Kier molecular flexibility index (Phi) is 4.73. The van der Waals surface area contributed by atoms with E-state index < -0.39 is 0 Å². The van der Waals surface area contributed by atoms with Gasteiger partial charge in [-0.15, -0.1) is 0 Å². The highest BCUT2D eigenvalue weighted by molar-refractivity contribution is 5.74. The molecule has 1 unspecified atom stereocenters. The minimum atomic E-state index is 0.0781. The second kappa shape index (κ2) is 5.86.